The van der Waals surface area contributed by atoms with Crippen molar-refractivity contribution in [2.45, 2.75) is 33.3 Å². The fourth-order valence-electron chi connectivity index (χ4n) is 3.22. The first kappa shape index (κ1) is 16.4. The number of anilines is 1. The monoisotopic (exact) mass is 352 g/mol. The van der Waals surface area contributed by atoms with Gasteiger partial charge in [0.15, 0.2) is 5.65 Å². The third-order valence-electron chi connectivity index (χ3n) is 4.30. The van der Waals surface area contributed by atoms with Crippen molar-refractivity contribution < 1.29 is 14.3 Å². The summed E-state index contributed by atoms with van der Waals surface area (Å²) in [5.74, 6) is 1.88. The SMILES string of the molecule is CCOc1cc2c(cc1NC(=O)c1ccnc3nc(C)[nH]c13)OC(C)C2. The molecular weight excluding hydrogens is 332 g/mol. The van der Waals surface area contributed by atoms with Gasteiger partial charge in [0.2, 0.25) is 0 Å². The molecule has 0 aliphatic carbocycles. The summed E-state index contributed by atoms with van der Waals surface area (Å²) in [4.78, 5) is 24.4. The van der Waals surface area contributed by atoms with E-state index in [1.807, 2.05) is 32.9 Å². The van der Waals surface area contributed by atoms with E-state index in [-0.39, 0.29) is 12.0 Å². The molecule has 134 valence electrons. The molecular formula is C19H20N4O3. The predicted molar refractivity (Wildman–Crippen MR) is 98.0 cm³/mol. The Morgan fingerprint density at radius 2 is 2.31 bits per heavy atom. The van der Waals surface area contributed by atoms with Crippen molar-refractivity contribution in [2.24, 2.45) is 0 Å². The highest BCUT2D eigenvalue weighted by molar-refractivity contribution is 6.11. The second kappa shape index (κ2) is 6.33. The topological polar surface area (TPSA) is 89.1 Å². The van der Waals surface area contributed by atoms with Gasteiger partial charge >= 0.3 is 0 Å². The van der Waals surface area contributed by atoms with Crippen LogP contribution in [0.3, 0.4) is 0 Å². The Morgan fingerprint density at radius 3 is 3.12 bits per heavy atom. The molecule has 1 atom stereocenters. The molecule has 1 aliphatic rings. The van der Waals surface area contributed by atoms with Crippen molar-refractivity contribution in [3.63, 3.8) is 0 Å². The van der Waals surface area contributed by atoms with E-state index in [1.54, 1.807) is 12.3 Å². The maximum Gasteiger partial charge on any atom is 0.258 e. The number of amides is 1. The Bertz CT molecular complexity index is 996. The number of aromatic amines is 1. The van der Waals surface area contributed by atoms with Gasteiger partial charge in [-0.15, -0.1) is 0 Å². The van der Waals surface area contributed by atoms with E-state index >= 15 is 0 Å². The first-order valence-electron chi connectivity index (χ1n) is 8.64. The van der Waals surface area contributed by atoms with Gasteiger partial charge in [0.25, 0.3) is 5.91 Å². The minimum atomic E-state index is -0.256. The van der Waals surface area contributed by atoms with E-state index in [1.165, 1.54) is 0 Å². The van der Waals surface area contributed by atoms with Gasteiger partial charge in [-0.1, -0.05) is 0 Å². The molecule has 2 aromatic heterocycles. The van der Waals surface area contributed by atoms with E-state index < -0.39 is 0 Å². The second-order valence-electron chi connectivity index (χ2n) is 6.36. The summed E-state index contributed by atoms with van der Waals surface area (Å²) in [5.41, 5.74) is 3.30. The van der Waals surface area contributed by atoms with Crippen LogP contribution in [0.2, 0.25) is 0 Å². The van der Waals surface area contributed by atoms with E-state index in [4.69, 9.17) is 9.47 Å². The summed E-state index contributed by atoms with van der Waals surface area (Å²) in [7, 11) is 0. The van der Waals surface area contributed by atoms with Crippen molar-refractivity contribution in [1.29, 1.82) is 0 Å². The normalized spacial score (nSPS) is 15.6. The molecule has 4 rings (SSSR count). The number of nitrogens with zero attached hydrogens (tertiary/aromatic N) is 2. The van der Waals surface area contributed by atoms with Crippen LogP contribution in [0.25, 0.3) is 11.2 Å². The lowest BCUT2D eigenvalue weighted by Crippen LogP contribution is -2.14. The number of ether oxygens (including phenoxy) is 2. The fourth-order valence-corrected chi connectivity index (χ4v) is 3.22. The van der Waals surface area contributed by atoms with Crippen LogP contribution in [-0.2, 0) is 6.42 Å². The number of pyridine rings is 1. The van der Waals surface area contributed by atoms with Crippen LogP contribution in [0.5, 0.6) is 11.5 Å². The minimum absolute atomic E-state index is 0.123. The van der Waals surface area contributed by atoms with Crippen LogP contribution >= 0.6 is 0 Å². The molecule has 0 radical (unpaired) electrons. The number of H-pyrrole nitrogens is 1. The molecule has 1 aliphatic heterocycles. The zero-order valence-corrected chi connectivity index (χ0v) is 14.9. The van der Waals surface area contributed by atoms with E-state index in [0.717, 1.165) is 17.7 Å². The van der Waals surface area contributed by atoms with Gasteiger partial charge in [-0.05, 0) is 32.9 Å². The Kier molecular flexibility index (Phi) is 3.99. The van der Waals surface area contributed by atoms with Gasteiger partial charge in [-0.3, -0.25) is 4.79 Å². The van der Waals surface area contributed by atoms with Gasteiger partial charge in [0, 0.05) is 24.2 Å². The number of nitrogens with one attached hydrogen (secondary N) is 2. The molecule has 1 aromatic carbocycles. The van der Waals surface area contributed by atoms with Crippen LogP contribution in [-0.4, -0.2) is 33.6 Å². The lowest BCUT2D eigenvalue weighted by molar-refractivity contribution is 0.102. The number of carbonyl (C=O) groups is 1. The van der Waals surface area contributed by atoms with Crippen molar-refractivity contribution in [2.75, 3.05) is 11.9 Å². The molecule has 0 saturated heterocycles. The molecule has 0 bridgehead atoms. The zero-order valence-electron chi connectivity index (χ0n) is 14.9. The number of fused-ring (bicyclic) bond motifs is 2. The zero-order chi connectivity index (χ0) is 18.3. The lowest BCUT2D eigenvalue weighted by Gasteiger charge is -2.13. The van der Waals surface area contributed by atoms with Gasteiger partial charge in [-0.25, -0.2) is 9.97 Å². The molecule has 7 heteroatoms. The molecule has 1 unspecified atom stereocenters. The van der Waals surface area contributed by atoms with Gasteiger partial charge in [0.1, 0.15) is 23.4 Å². The van der Waals surface area contributed by atoms with E-state index in [9.17, 15) is 4.79 Å². The van der Waals surface area contributed by atoms with Gasteiger partial charge < -0.3 is 19.8 Å². The molecule has 0 fully saturated rings. The Morgan fingerprint density at radius 1 is 1.46 bits per heavy atom. The largest absolute Gasteiger partial charge is 0.492 e. The summed E-state index contributed by atoms with van der Waals surface area (Å²) in [5, 5.41) is 2.94. The number of hydrogen-bond acceptors (Lipinski definition) is 5. The molecule has 0 spiro atoms. The van der Waals surface area contributed by atoms with Crippen LogP contribution in [0.4, 0.5) is 5.69 Å². The number of hydrogen-bond donors (Lipinski definition) is 2. The van der Waals surface area contributed by atoms with Gasteiger partial charge in [0.05, 0.1) is 23.4 Å². The highest BCUT2D eigenvalue weighted by atomic mass is 16.5. The quantitative estimate of drug-likeness (QED) is 0.752. The summed E-state index contributed by atoms with van der Waals surface area (Å²) in [6.07, 6.45) is 2.54. The Balaban J connectivity index is 1.70. The lowest BCUT2D eigenvalue weighted by atomic mass is 10.1. The average Bonchev–Trinajstić information content (AvgIpc) is 3.15. The maximum absolute atomic E-state index is 12.9. The summed E-state index contributed by atoms with van der Waals surface area (Å²) >= 11 is 0. The molecule has 1 amide bonds. The maximum atomic E-state index is 12.9. The Hall–Kier alpha value is -3.09. The molecule has 2 N–H and O–H groups in total. The number of aryl methyl sites for hydroxylation is 1. The average molecular weight is 352 g/mol. The number of rotatable bonds is 4. The summed E-state index contributed by atoms with van der Waals surface area (Å²) in [6.45, 7) is 6.28. The highest BCUT2D eigenvalue weighted by Crippen LogP contribution is 2.38. The van der Waals surface area contributed by atoms with Crippen molar-refractivity contribution in [3.05, 3.63) is 41.3 Å². The first-order valence-corrected chi connectivity index (χ1v) is 8.64. The molecule has 3 heterocycles. The van der Waals surface area contributed by atoms with Crippen molar-refractivity contribution >= 4 is 22.8 Å². The van der Waals surface area contributed by atoms with Crippen molar-refractivity contribution in [1.82, 2.24) is 15.0 Å². The minimum Gasteiger partial charge on any atom is -0.492 e. The van der Waals surface area contributed by atoms with Crippen LogP contribution in [0.1, 0.15) is 35.6 Å². The third-order valence-corrected chi connectivity index (χ3v) is 4.30. The Labute approximate surface area is 150 Å². The van der Waals surface area contributed by atoms with Crippen LogP contribution < -0.4 is 14.8 Å². The second-order valence-corrected chi connectivity index (χ2v) is 6.36. The smallest absolute Gasteiger partial charge is 0.258 e. The number of aromatic nitrogens is 3. The van der Waals surface area contributed by atoms with Crippen LogP contribution in [0.15, 0.2) is 24.4 Å². The highest BCUT2D eigenvalue weighted by Gasteiger charge is 2.23. The number of carbonyl (C=O) groups excluding carboxylic acids is 1. The molecule has 0 saturated carbocycles. The number of benzene rings is 1. The van der Waals surface area contributed by atoms with Crippen molar-refractivity contribution in [3.8, 4) is 11.5 Å². The van der Waals surface area contributed by atoms with Crippen LogP contribution in [0, 0.1) is 6.92 Å². The van der Waals surface area contributed by atoms with E-state index in [2.05, 4.69) is 20.3 Å². The molecule has 3 aromatic rings. The molecule has 7 nitrogen and oxygen atoms in total. The molecule has 26 heavy (non-hydrogen) atoms. The third kappa shape index (κ3) is 2.85. The number of imidazole rings is 1. The first-order chi connectivity index (χ1) is 12.5. The summed E-state index contributed by atoms with van der Waals surface area (Å²) < 4.78 is 11.5. The fraction of sp³-hybridized carbons (Fsp3) is 0.316. The summed E-state index contributed by atoms with van der Waals surface area (Å²) in [6, 6.07) is 5.44. The van der Waals surface area contributed by atoms with Gasteiger partial charge in [-0.2, -0.15) is 0 Å². The van der Waals surface area contributed by atoms with E-state index in [0.29, 0.717) is 40.6 Å². The predicted octanol–water partition coefficient (Wildman–Crippen LogP) is 3.24. The standard InChI is InChI=1S/C19H20N4O3/c1-4-25-16-8-12-7-10(2)26-15(12)9-14(16)23-19(24)13-5-6-20-18-17(13)21-11(3)22-18/h5-6,8-10H,4,7H2,1-3H3,(H,23,24)(H,20,21,22).